The van der Waals surface area contributed by atoms with Crippen LogP contribution in [0.1, 0.15) is 43.2 Å². The number of alkyl halides is 3. The van der Waals surface area contributed by atoms with E-state index in [1.54, 1.807) is 6.92 Å². The molecule has 170 valence electrons. The van der Waals surface area contributed by atoms with E-state index in [1.807, 2.05) is 4.90 Å². The van der Waals surface area contributed by atoms with Gasteiger partial charge in [0.05, 0.1) is 5.56 Å². The van der Waals surface area contributed by atoms with Crippen LogP contribution >= 0.6 is 0 Å². The van der Waals surface area contributed by atoms with Crippen LogP contribution in [0, 0.1) is 30.6 Å². The van der Waals surface area contributed by atoms with E-state index in [-0.39, 0.29) is 23.7 Å². The van der Waals surface area contributed by atoms with Crippen LogP contribution in [0.15, 0.2) is 18.2 Å². The third-order valence-corrected chi connectivity index (χ3v) is 7.16. The third kappa shape index (κ3) is 4.89. The van der Waals surface area contributed by atoms with E-state index in [1.165, 1.54) is 6.07 Å². The van der Waals surface area contributed by atoms with Gasteiger partial charge in [-0.3, -0.25) is 9.59 Å². The number of benzene rings is 1. The molecule has 1 saturated carbocycles. The fourth-order valence-electron chi connectivity index (χ4n) is 5.45. The number of ether oxygens (including phenoxy) is 1. The molecule has 5 nitrogen and oxygen atoms in total. The molecule has 3 fully saturated rings. The topological polar surface area (TPSA) is 58.6 Å². The fraction of sp³-hybridized carbons (Fsp3) is 0.652. The van der Waals surface area contributed by atoms with Crippen molar-refractivity contribution in [2.75, 3.05) is 31.6 Å². The van der Waals surface area contributed by atoms with E-state index in [0.29, 0.717) is 55.8 Å². The number of carbonyl (C=O) groups excluding carboxylic acids is 2. The molecule has 2 amide bonds. The molecule has 2 aliphatic heterocycles. The molecule has 0 radical (unpaired) electrons. The summed E-state index contributed by atoms with van der Waals surface area (Å²) in [5, 5.41) is 2.79. The number of halogens is 3. The van der Waals surface area contributed by atoms with Crippen molar-refractivity contribution in [3.63, 3.8) is 0 Å². The van der Waals surface area contributed by atoms with Crippen LogP contribution in [0.3, 0.4) is 0 Å². The zero-order valence-corrected chi connectivity index (χ0v) is 17.7. The van der Waals surface area contributed by atoms with Crippen molar-refractivity contribution < 1.29 is 27.5 Å². The summed E-state index contributed by atoms with van der Waals surface area (Å²) in [6.07, 6.45) is -0.470. The monoisotopic (exact) mass is 438 g/mol. The zero-order valence-electron chi connectivity index (χ0n) is 17.7. The van der Waals surface area contributed by atoms with Crippen LogP contribution in [0.2, 0.25) is 0 Å². The minimum atomic E-state index is -4.40. The molecule has 3 aliphatic rings. The highest BCUT2D eigenvalue weighted by Gasteiger charge is 2.44. The number of aryl methyl sites for hydroxylation is 1. The molecule has 31 heavy (non-hydrogen) atoms. The van der Waals surface area contributed by atoms with Crippen molar-refractivity contribution in [3.8, 4) is 0 Å². The van der Waals surface area contributed by atoms with Crippen LogP contribution in [0.5, 0.6) is 0 Å². The second-order valence-corrected chi connectivity index (χ2v) is 9.17. The Morgan fingerprint density at radius 3 is 2.32 bits per heavy atom. The Morgan fingerprint density at radius 2 is 1.74 bits per heavy atom. The molecule has 3 atom stereocenters. The summed E-state index contributed by atoms with van der Waals surface area (Å²) in [7, 11) is 0. The molecule has 1 aromatic rings. The van der Waals surface area contributed by atoms with Gasteiger partial charge < -0.3 is 15.0 Å². The Kier molecular flexibility index (Phi) is 6.28. The van der Waals surface area contributed by atoms with Crippen molar-refractivity contribution in [1.82, 2.24) is 4.90 Å². The quantitative estimate of drug-likeness (QED) is 0.765. The number of fused-ring (bicyclic) bond motifs is 2. The summed E-state index contributed by atoms with van der Waals surface area (Å²) in [5.41, 5.74) is 0.0862. The molecule has 1 aromatic carbocycles. The van der Waals surface area contributed by atoms with Gasteiger partial charge >= 0.3 is 6.18 Å². The van der Waals surface area contributed by atoms with E-state index in [4.69, 9.17) is 4.74 Å². The van der Waals surface area contributed by atoms with Gasteiger partial charge in [-0.2, -0.15) is 13.2 Å². The summed E-state index contributed by atoms with van der Waals surface area (Å²) in [6, 6.07) is 3.37. The van der Waals surface area contributed by atoms with Gasteiger partial charge in [0.15, 0.2) is 0 Å². The SMILES string of the molecule is Cc1cc(C(F)(F)F)ccc1NC(=O)CC1[C@@H]2CC[C@H]1CN(C(=O)C1CCOCC1)C2. The van der Waals surface area contributed by atoms with Gasteiger partial charge in [0.25, 0.3) is 0 Å². The molecule has 2 bridgehead atoms. The highest BCUT2D eigenvalue weighted by atomic mass is 19.4. The molecule has 1 aliphatic carbocycles. The fourth-order valence-corrected chi connectivity index (χ4v) is 5.45. The number of nitrogens with one attached hydrogen (secondary N) is 1. The molecule has 0 aromatic heterocycles. The number of carbonyl (C=O) groups is 2. The Bertz CT molecular complexity index is 822. The number of rotatable bonds is 4. The normalized spacial score (nSPS) is 26.7. The molecule has 1 N–H and O–H groups in total. The maximum absolute atomic E-state index is 12.9. The number of amides is 2. The lowest BCUT2D eigenvalue weighted by atomic mass is 9.81. The van der Waals surface area contributed by atoms with Crippen molar-refractivity contribution in [2.24, 2.45) is 23.7 Å². The predicted molar refractivity (Wildman–Crippen MR) is 109 cm³/mol. The number of hydrogen-bond donors (Lipinski definition) is 1. The van der Waals surface area contributed by atoms with Gasteiger partial charge in [-0.25, -0.2) is 0 Å². The zero-order chi connectivity index (χ0) is 22.2. The summed E-state index contributed by atoms with van der Waals surface area (Å²) in [5.74, 6) is 0.936. The molecule has 1 unspecified atom stereocenters. The number of likely N-dealkylation sites (tertiary alicyclic amines) is 1. The van der Waals surface area contributed by atoms with Crippen LogP contribution in [0.25, 0.3) is 0 Å². The molecule has 2 saturated heterocycles. The summed E-state index contributed by atoms with van der Waals surface area (Å²) in [6.45, 7) is 4.25. The van der Waals surface area contributed by atoms with Crippen LogP contribution in [0.4, 0.5) is 18.9 Å². The van der Waals surface area contributed by atoms with Crippen LogP contribution in [-0.2, 0) is 20.5 Å². The first-order valence-electron chi connectivity index (χ1n) is 11.1. The van der Waals surface area contributed by atoms with Crippen molar-refractivity contribution in [3.05, 3.63) is 29.3 Å². The molecule has 8 heteroatoms. The number of hydrogen-bond acceptors (Lipinski definition) is 3. The summed E-state index contributed by atoms with van der Waals surface area (Å²) in [4.78, 5) is 27.6. The first kappa shape index (κ1) is 22.1. The molecular weight excluding hydrogens is 409 g/mol. The summed E-state index contributed by atoms with van der Waals surface area (Å²) < 4.78 is 43.9. The summed E-state index contributed by atoms with van der Waals surface area (Å²) >= 11 is 0. The average molecular weight is 438 g/mol. The van der Waals surface area contributed by atoms with E-state index in [9.17, 15) is 22.8 Å². The highest BCUT2D eigenvalue weighted by molar-refractivity contribution is 5.91. The van der Waals surface area contributed by atoms with E-state index in [2.05, 4.69) is 5.32 Å². The van der Waals surface area contributed by atoms with Gasteiger partial charge in [0.2, 0.25) is 11.8 Å². The maximum atomic E-state index is 12.9. The largest absolute Gasteiger partial charge is 0.416 e. The number of anilines is 1. The lowest BCUT2D eigenvalue weighted by Gasteiger charge is -2.39. The van der Waals surface area contributed by atoms with Crippen molar-refractivity contribution in [2.45, 2.75) is 45.2 Å². The van der Waals surface area contributed by atoms with E-state index < -0.39 is 11.7 Å². The van der Waals surface area contributed by atoms with Crippen LogP contribution < -0.4 is 5.32 Å². The first-order chi connectivity index (χ1) is 14.7. The Morgan fingerprint density at radius 1 is 1.10 bits per heavy atom. The molecule has 2 heterocycles. The average Bonchev–Trinajstić information content (AvgIpc) is 2.96. The van der Waals surface area contributed by atoms with Crippen LogP contribution in [-0.4, -0.2) is 43.0 Å². The minimum Gasteiger partial charge on any atom is -0.381 e. The van der Waals surface area contributed by atoms with Gasteiger partial charge in [-0.15, -0.1) is 0 Å². The highest BCUT2D eigenvalue weighted by Crippen LogP contribution is 2.44. The first-order valence-corrected chi connectivity index (χ1v) is 11.1. The Labute approximate surface area is 180 Å². The van der Waals surface area contributed by atoms with Gasteiger partial charge in [-0.05, 0) is 74.1 Å². The molecule has 0 spiro atoms. The Balaban J connectivity index is 1.34. The molecular formula is C23H29F3N2O3. The van der Waals surface area contributed by atoms with Gasteiger partial charge in [0.1, 0.15) is 0 Å². The van der Waals surface area contributed by atoms with E-state index >= 15 is 0 Å². The third-order valence-electron chi connectivity index (χ3n) is 7.16. The van der Waals surface area contributed by atoms with E-state index in [0.717, 1.165) is 37.8 Å². The predicted octanol–water partition coefficient (Wildman–Crippen LogP) is 4.25. The standard InChI is InChI=1S/C23H29F3N2O3/c1-14-10-18(23(24,25)26)4-5-20(14)27-21(29)11-19-16-2-3-17(19)13-28(12-16)22(30)15-6-8-31-9-7-15/h4-5,10,15-17,19H,2-3,6-9,11-13H2,1H3,(H,27,29)/t16-,17+,19?. The smallest absolute Gasteiger partial charge is 0.381 e. The second kappa shape index (κ2) is 8.81. The number of piperidine rings is 1. The molecule has 4 rings (SSSR count). The van der Waals surface area contributed by atoms with Crippen molar-refractivity contribution in [1.29, 1.82) is 0 Å². The maximum Gasteiger partial charge on any atom is 0.416 e. The van der Waals surface area contributed by atoms with Gasteiger partial charge in [-0.1, -0.05) is 0 Å². The second-order valence-electron chi connectivity index (χ2n) is 9.17. The lowest BCUT2D eigenvalue weighted by Crippen LogP contribution is -2.48. The number of nitrogens with zero attached hydrogens (tertiary/aromatic N) is 1. The Hall–Kier alpha value is -2.09. The lowest BCUT2D eigenvalue weighted by molar-refractivity contribution is -0.142. The van der Waals surface area contributed by atoms with Crippen molar-refractivity contribution >= 4 is 17.5 Å². The van der Waals surface area contributed by atoms with Gasteiger partial charge in [0, 0.05) is 44.3 Å². The minimum absolute atomic E-state index is 0.0515.